The predicted octanol–water partition coefficient (Wildman–Crippen LogP) is 4.19. The van der Waals surface area contributed by atoms with Crippen LogP contribution in [-0.4, -0.2) is 51.9 Å². The number of nitrogens with one attached hydrogen (secondary N) is 1. The third-order valence-corrected chi connectivity index (χ3v) is 7.72. The highest BCUT2D eigenvalue weighted by Crippen LogP contribution is 2.28. The maximum absolute atomic E-state index is 13.2. The van der Waals surface area contributed by atoms with E-state index < -0.39 is 0 Å². The molecule has 3 heterocycles. The smallest absolute Gasteiger partial charge is 0.243 e. The summed E-state index contributed by atoms with van der Waals surface area (Å²) in [6.45, 7) is 5.99. The zero-order chi connectivity index (χ0) is 23.3. The molecule has 7 heteroatoms. The van der Waals surface area contributed by atoms with E-state index in [1.165, 1.54) is 28.2 Å². The normalized spacial score (nSPS) is 19.4. The minimum atomic E-state index is -0.137. The number of hydrogen-bond acceptors (Lipinski definition) is 6. The number of amides is 1. The molecule has 2 saturated heterocycles. The average Bonchev–Trinajstić information content (AvgIpc) is 3.52. The molecule has 0 radical (unpaired) electrons. The Kier molecular flexibility index (Phi) is 7.21. The Morgan fingerprint density at radius 3 is 2.53 bits per heavy atom. The van der Waals surface area contributed by atoms with Crippen LogP contribution in [0.3, 0.4) is 0 Å². The van der Waals surface area contributed by atoms with Crippen molar-refractivity contribution in [3.8, 4) is 0 Å². The van der Waals surface area contributed by atoms with E-state index in [9.17, 15) is 4.79 Å². The summed E-state index contributed by atoms with van der Waals surface area (Å²) < 4.78 is 4.58. The first-order valence-corrected chi connectivity index (χ1v) is 13.1. The Bertz CT molecular complexity index is 1080. The van der Waals surface area contributed by atoms with Gasteiger partial charge in [0.25, 0.3) is 0 Å². The van der Waals surface area contributed by atoms with Crippen LogP contribution in [-0.2, 0) is 17.8 Å². The molecule has 1 amide bonds. The highest BCUT2D eigenvalue weighted by Gasteiger charge is 2.34. The van der Waals surface area contributed by atoms with Crippen molar-refractivity contribution < 1.29 is 4.79 Å². The molecule has 0 spiro atoms. The van der Waals surface area contributed by atoms with Gasteiger partial charge in [-0.15, -0.1) is 0 Å². The van der Waals surface area contributed by atoms with E-state index in [1.807, 2.05) is 0 Å². The van der Waals surface area contributed by atoms with Crippen molar-refractivity contribution in [1.82, 2.24) is 19.6 Å². The topological polar surface area (TPSA) is 61.4 Å². The van der Waals surface area contributed by atoms with Crippen LogP contribution in [0.4, 0.5) is 5.13 Å². The summed E-state index contributed by atoms with van der Waals surface area (Å²) in [4.78, 5) is 22.6. The number of hydrogen-bond donors (Lipinski definition) is 1. The second-order valence-electron chi connectivity index (χ2n) is 9.55. The van der Waals surface area contributed by atoms with Gasteiger partial charge in [0.2, 0.25) is 11.0 Å². The van der Waals surface area contributed by atoms with E-state index in [0.29, 0.717) is 0 Å². The number of anilines is 1. The van der Waals surface area contributed by atoms with E-state index in [-0.39, 0.29) is 18.0 Å². The van der Waals surface area contributed by atoms with Gasteiger partial charge in [0.15, 0.2) is 0 Å². The molecule has 2 aromatic carbocycles. The van der Waals surface area contributed by atoms with Gasteiger partial charge in [-0.2, -0.15) is 4.37 Å². The van der Waals surface area contributed by atoms with Gasteiger partial charge in [0.05, 0.1) is 0 Å². The molecular formula is C27H33N5OS. The zero-order valence-corrected chi connectivity index (χ0v) is 20.6. The molecule has 34 heavy (non-hydrogen) atoms. The molecule has 1 unspecified atom stereocenters. The Morgan fingerprint density at radius 2 is 1.76 bits per heavy atom. The molecule has 5 rings (SSSR count). The van der Waals surface area contributed by atoms with Crippen LogP contribution in [0.25, 0.3) is 0 Å². The molecule has 1 N–H and O–H groups in total. The number of nitrogens with zero attached hydrogens (tertiary/aromatic N) is 4. The van der Waals surface area contributed by atoms with Gasteiger partial charge in [0.1, 0.15) is 11.9 Å². The summed E-state index contributed by atoms with van der Waals surface area (Å²) in [6.07, 6.45) is 4.63. The van der Waals surface area contributed by atoms with E-state index in [0.717, 1.165) is 69.2 Å². The standard InChI is InChI=1S/C27H33N5OS/c1-20-9-11-21(12-10-20)18-25-29-27(34-30-25)32-15-5-8-24(32)26(33)28-23-13-16-31(17-14-23)19-22-6-3-2-4-7-22/h2-4,6-7,9-12,23-24H,5,8,13-19H2,1H3,(H,28,33). The van der Waals surface area contributed by atoms with Crippen molar-refractivity contribution in [3.63, 3.8) is 0 Å². The third kappa shape index (κ3) is 5.65. The molecule has 3 aromatic rings. The first-order valence-electron chi connectivity index (χ1n) is 12.4. The highest BCUT2D eigenvalue weighted by molar-refractivity contribution is 7.09. The Hall–Kier alpha value is -2.77. The SMILES string of the molecule is Cc1ccc(Cc2nsc(N3CCCC3C(=O)NC3CCN(Cc4ccccc4)CC3)n2)cc1. The average molecular weight is 476 g/mol. The van der Waals surface area contributed by atoms with Crippen LogP contribution < -0.4 is 10.2 Å². The maximum Gasteiger partial charge on any atom is 0.243 e. The fraction of sp³-hybridized carbons (Fsp3) is 0.444. The first kappa shape index (κ1) is 23.0. The maximum atomic E-state index is 13.2. The van der Waals surface area contributed by atoms with Crippen molar-refractivity contribution in [1.29, 1.82) is 0 Å². The molecule has 1 aromatic heterocycles. The summed E-state index contributed by atoms with van der Waals surface area (Å²) in [5.74, 6) is 0.981. The minimum absolute atomic E-state index is 0.137. The van der Waals surface area contributed by atoms with Gasteiger partial charge in [-0.05, 0) is 43.7 Å². The van der Waals surface area contributed by atoms with E-state index in [1.54, 1.807) is 0 Å². The van der Waals surface area contributed by atoms with Crippen molar-refractivity contribution in [2.24, 2.45) is 0 Å². The lowest BCUT2D eigenvalue weighted by atomic mass is 10.0. The van der Waals surface area contributed by atoms with E-state index in [4.69, 9.17) is 4.98 Å². The third-order valence-electron chi connectivity index (χ3n) is 6.92. The number of benzene rings is 2. The van der Waals surface area contributed by atoms with Gasteiger partial charge >= 0.3 is 0 Å². The number of likely N-dealkylation sites (tertiary alicyclic amines) is 1. The second-order valence-corrected chi connectivity index (χ2v) is 10.3. The Balaban J connectivity index is 1.13. The molecule has 2 aliphatic rings. The van der Waals surface area contributed by atoms with Crippen LogP contribution in [0.1, 0.15) is 48.2 Å². The molecule has 178 valence electrons. The lowest BCUT2D eigenvalue weighted by Gasteiger charge is -2.33. The summed E-state index contributed by atoms with van der Waals surface area (Å²) in [7, 11) is 0. The number of aromatic nitrogens is 2. The molecule has 0 aliphatic carbocycles. The van der Waals surface area contributed by atoms with Crippen molar-refractivity contribution in [2.75, 3.05) is 24.5 Å². The van der Waals surface area contributed by atoms with Crippen molar-refractivity contribution in [2.45, 2.75) is 57.7 Å². The van der Waals surface area contributed by atoms with Gasteiger partial charge in [-0.1, -0.05) is 60.2 Å². The summed E-state index contributed by atoms with van der Waals surface area (Å²) in [5.41, 5.74) is 3.82. The lowest BCUT2D eigenvalue weighted by molar-refractivity contribution is -0.123. The second kappa shape index (κ2) is 10.7. The predicted molar refractivity (Wildman–Crippen MR) is 137 cm³/mol. The molecule has 1 atom stereocenters. The van der Waals surface area contributed by atoms with Gasteiger partial charge in [-0.3, -0.25) is 9.69 Å². The van der Waals surface area contributed by atoms with Crippen LogP contribution >= 0.6 is 11.5 Å². The van der Waals surface area contributed by atoms with Crippen molar-refractivity contribution >= 4 is 22.6 Å². The molecule has 0 saturated carbocycles. The van der Waals surface area contributed by atoms with Gasteiger partial charge in [-0.25, -0.2) is 4.98 Å². The fourth-order valence-corrected chi connectivity index (χ4v) is 5.73. The van der Waals surface area contributed by atoms with Gasteiger partial charge in [0, 0.05) is 50.2 Å². The van der Waals surface area contributed by atoms with Crippen LogP contribution in [0.2, 0.25) is 0 Å². The minimum Gasteiger partial charge on any atom is -0.351 e. The van der Waals surface area contributed by atoms with Crippen molar-refractivity contribution in [3.05, 3.63) is 77.1 Å². The monoisotopic (exact) mass is 475 g/mol. The first-order chi connectivity index (χ1) is 16.6. The Morgan fingerprint density at radius 1 is 1.00 bits per heavy atom. The summed E-state index contributed by atoms with van der Waals surface area (Å²) in [5, 5.41) is 4.22. The quantitative estimate of drug-likeness (QED) is 0.555. The highest BCUT2D eigenvalue weighted by atomic mass is 32.1. The largest absolute Gasteiger partial charge is 0.351 e. The van der Waals surface area contributed by atoms with Gasteiger partial charge < -0.3 is 10.2 Å². The fourth-order valence-electron chi connectivity index (χ4n) is 4.96. The number of carbonyl (C=O) groups excluding carboxylic acids is 1. The Labute approximate surface area is 206 Å². The van der Waals surface area contributed by atoms with Crippen LogP contribution in [0.5, 0.6) is 0 Å². The number of piperidine rings is 1. The zero-order valence-electron chi connectivity index (χ0n) is 19.8. The van der Waals surface area contributed by atoms with Crippen LogP contribution in [0.15, 0.2) is 54.6 Å². The number of carbonyl (C=O) groups is 1. The number of aryl methyl sites for hydroxylation is 1. The van der Waals surface area contributed by atoms with Crippen LogP contribution in [0, 0.1) is 6.92 Å². The lowest BCUT2D eigenvalue weighted by Crippen LogP contribution is -2.50. The van der Waals surface area contributed by atoms with E-state index >= 15 is 0 Å². The molecule has 2 aliphatic heterocycles. The molecule has 0 bridgehead atoms. The van der Waals surface area contributed by atoms with E-state index in [2.05, 4.69) is 81.0 Å². The molecule has 2 fully saturated rings. The summed E-state index contributed by atoms with van der Waals surface area (Å²) in [6, 6.07) is 19.2. The number of rotatable bonds is 7. The molecule has 6 nitrogen and oxygen atoms in total. The molecular weight excluding hydrogens is 442 g/mol. The summed E-state index contributed by atoms with van der Waals surface area (Å²) >= 11 is 1.42.